The summed E-state index contributed by atoms with van der Waals surface area (Å²) in [7, 11) is 0. The molecule has 32 heavy (non-hydrogen) atoms. The van der Waals surface area contributed by atoms with Crippen LogP contribution in [0.2, 0.25) is 0 Å². The van der Waals surface area contributed by atoms with E-state index in [0.717, 1.165) is 27.9 Å². The second kappa shape index (κ2) is 7.68. The van der Waals surface area contributed by atoms with E-state index in [-0.39, 0.29) is 5.75 Å². The number of pyridine rings is 1. The van der Waals surface area contributed by atoms with Crippen molar-refractivity contribution in [1.29, 1.82) is 0 Å². The molecule has 0 radical (unpaired) electrons. The van der Waals surface area contributed by atoms with Gasteiger partial charge in [0.25, 0.3) is 0 Å². The molecule has 0 aliphatic carbocycles. The zero-order chi connectivity index (χ0) is 22.2. The van der Waals surface area contributed by atoms with Crippen molar-refractivity contribution in [2.45, 2.75) is 13.8 Å². The lowest BCUT2D eigenvalue weighted by molar-refractivity contribution is 0.477. The summed E-state index contributed by atoms with van der Waals surface area (Å²) in [4.78, 5) is 8.91. The van der Waals surface area contributed by atoms with Gasteiger partial charge in [-0.15, -0.1) is 0 Å². The highest BCUT2D eigenvalue weighted by Gasteiger charge is 2.25. The Hall–Kier alpha value is -4.43. The predicted molar refractivity (Wildman–Crippen MR) is 127 cm³/mol. The largest absolute Gasteiger partial charge is 0.507 e. The zero-order valence-electron chi connectivity index (χ0n) is 17.7. The molecular formula is C27H20N4O. The number of rotatable bonds is 3. The van der Waals surface area contributed by atoms with Crippen molar-refractivity contribution in [2.75, 3.05) is 0 Å². The van der Waals surface area contributed by atoms with Crippen LogP contribution in [0.1, 0.15) is 11.3 Å². The first-order chi connectivity index (χ1) is 15.6. The molecule has 5 nitrogen and oxygen atoms in total. The average Bonchev–Trinajstić information content (AvgIpc) is 3.15. The Morgan fingerprint density at radius 3 is 2.19 bits per heavy atom. The van der Waals surface area contributed by atoms with Crippen LogP contribution in [0.15, 0.2) is 78.9 Å². The van der Waals surface area contributed by atoms with E-state index in [1.54, 1.807) is 12.1 Å². The monoisotopic (exact) mass is 416 g/mol. The molecule has 0 spiro atoms. The second-order valence-electron chi connectivity index (χ2n) is 7.66. The van der Waals surface area contributed by atoms with Crippen molar-refractivity contribution in [3.8, 4) is 33.8 Å². The van der Waals surface area contributed by atoms with Crippen LogP contribution >= 0.6 is 0 Å². The van der Waals surface area contributed by atoms with E-state index in [2.05, 4.69) is 4.85 Å². The Bertz CT molecular complexity index is 1510. The van der Waals surface area contributed by atoms with Crippen LogP contribution in [-0.4, -0.2) is 19.9 Å². The molecule has 0 fully saturated rings. The zero-order valence-corrected chi connectivity index (χ0v) is 17.7. The van der Waals surface area contributed by atoms with E-state index in [1.807, 2.05) is 85.3 Å². The molecule has 2 heterocycles. The van der Waals surface area contributed by atoms with E-state index in [9.17, 15) is 5.11 Å². The molecule has 0 bridgehead atoms. The van der Waals surface area contributed by atoms with Crippen molar-refractivity contribution in [3.63, 3.8) is 0 Å². The first-order valence-corrected chi connectivity index (χ1v) is 10.3. The van der Waals surface area contributed by atoms with Crippen LogP contribution in [0.5, 0.6) is 5.75 Å². The molecule has 154 valence electrons. The Kier molecular flexibility index (Phi) is 4.68. The molecule has 1 N–H and O–H groups in total. The fourth-order valence-corrected chi connectivity index (χ4v) is 4.14. The van der Waals surface area contributed by atoms with Crippen LogP contribution in [0.3, 0.4) is 0 Å². The van der Waals surface area contributed by atoms with Gasteiger partial charge < -0.3 is 5.11 Å². The number of phenols is 1. The number of fused-ring (bicyclic) bond motifs is 1. The molecule has 0 unspecified atom stereocenters. The van der Waals surface area contributed by atoms with Crippen LogP contribution in [0, 0.1) is 20.4 Å². The highest BCUT2D eigenvalue weighted by Crippen LogP contribution is 2.47. The van der Waals surface area contributed by atoms with Crippen molar-refractivity contribution in [2.24, 2.45) is 0 Å². The van der Waals surface area contributed by atoms with Gasteiger partial charge in [-0.1, -0.05) is 60.7 Å². The van der Waals surface area contributed by atoms with E-state index in [0.29, 0.717) is 28.2 Å². The van der Waals surface area contributed by atoms with Crippen molar-refractivity contribution < 1.29 is 5.11 Å². The lowest BCUT2D eigenvalue weighted by Crippen LogP contribution is -1.99. The predicted octanol–water partition coefficient (Wildman–Crippen LogP) is 6.63. The van der Waals surface area contributed by atoms with E-state index < -0.39 is 0 Å². The number of hydrogen-bond acceptors (Lipinski definition) is 3. The smallest absolute Gasteiger partial charge is 0.221 e. The third kappa shape index (κ3) is 3.01. The van der Waals surface area contributed by atoms with Crippen LogP contribution in [0.25, 0.3) is 44.0 Å². The molecule has 5 heteroatoms. The lowest BCUT2D eigenvalue weighted by atomic mass is 9.95. The Balaban J connectivity index is 1.99. The number of phenolic OH excluding ortho intramolecular Hbond substituents is 1. The molecule has 5 rings (SSSR count). The minimum absolute atomic E-state index is 0.118. The number of benzene rings is 3. The summed E-state index contributed by atoms with van der Waals surface area (Å²) in [5.74, 6) is 0.118. The maximum atomic E-state index is 10.7. The first-order valence-electron chi connectivity index (χ1n) is 10.3. The number of aromatic hydroxyl groups is 1. The molecule has 0 aliphatic heterocycles. The molecule has 0 atom stereocenters. The summed E-state index contributed by atoms with van der Waals surface area (Å²) in [6.45, 7) is 12.0. The highest BCUT2D eigenvalue weighted by molar-refractivity contribution is 6.07. The van der Waals surface area contributed by atoms with Gasteiger partial charge in [-0.3, -0.25) is 0 Å². The SMILES string of the molecule is [C-]#[N+]c1c(-c2ccccc2C)nc2c(c(C)nn2-c2ccccc2)c1-c1ccccc1O. The molecular weight excluding hydrogens is 396 g/mol. The van der Waals surface area contributed by atoms with Crippen molar-refractivity contribution >= 4 is 16.7 Å². The van der Waals surface area contributed by atoms with Crippen molar-refractivity contribution in [1.82, 2.24) is 14.8 Å². The molecule has 0 saturated carbocycles. The second-order valence-corrected chi connectivity index (χ2v) is 7.66. The number of aromatic nitrogens is 3. The van der Waals surface area contributed by atoms with Gasteiger partial charge in [0.15, 0.2) is 5.65 Å². The fourth-order valence-electron chi connectivity index (χ4n) is 4.14. The molecule has 0 aliphatic rings. The summed E-state index contributed by atoms with van der Waals surface area (Å²) in [5.41, 5.74) is 6.43. The molecule has 0 saturated heterocycles. The highest BCUT2D eigenvalue weighted by atomic mass is 16.3. The lowest BCUT2D eigenvalue weighted by Gasteiger charge is -2.15. The van der Waals surface area contributed by atoms with Gasteiger partial charge in [0.1, 0.15) is 5.75 Å². The quantitative estimate of drug-likeness (QED) is 0.336. The Morgan fingerprint density at radius 2 is 1.50 bits per heavy atom. The number of nitrogens with zero attached hydrogens (tertiary/aromatic N) is 4. The van der Waals surface area contributed by atoms with Gasteiger partial charge in [-0.2, -0.15) is 5.10 Å². The Labute approximate surface area is 186 Å². The fraction of sp³-hybridized carbons (Fsp3) is 0.0741. The standard InChI is InChI=1S/C27H20N4O/c1-17-11-7-8-14-20(17)25-26(28-3)24(21-15-9-10-16-22(21)32)23-18(2)30-31(27(23)29-25)19-12-5-4-6-13-19/h4-16,32H,1-2H3. The van der Waals surface area contributed by atoms with Gasteiger partial charge in [0.05, 0.1) is 23.6 Å². The number of para-hydroxylation sites is 2. The van der Waals surface area contributed by atoms with Gasteiger partial charge in [0.2, 0.25) is 5.69 Å². The maximum Gasteiger partial charge on any atom is 0.221 e. The van der Waals surface area contributed by atoms with Gasteiger partial charge >= 0.3 is 0 Å². The molecule has 0 amide bonds. The average molecular weight is 416 g/mol. The number of aryl methyl sites for hydroxylation is 2. The molecule has 5 aromatic rings. The normalized spacial score (nSPS) is 10.9. The first kappa shape index (κ1) is 19.5. The summed E-state index contributed by atoms with van der Waals surface area (Å²) in [5, 5.41) is 16.3. The third-order valence-corrected chi connectivity index (χ3v) is 5.65. The number of hydrogen-bond donors (Lipinski definition) is 1. The van der Waals surface area contributed by atoms with E-state index in [1.165, 1.54) is 0 Å². The van der Waals surface area contributed by atoms with Gasteiger partial charge in [0, 0.05) is 16.5 Å². The van der Waals surface area contributed by atoms with Crippen LogP contribution in [-0.2, 0) is 0 Å². The van der Waals surface area contributed by atoms with Gasteiger partial charge in [-0.05, 0) is 43.2 Å². The Morgan fingerprint density at radius 1 is 0.844 bits per heavy atom. The van der Waals surface area contributed by atoms with E-state index in [4.69, 9.17) is 16.7 Å². The van der Waals surface area contributed by atoms with Crippen LogP contribution in [0.4, 0.5) is 5.69 Å². The maximum absolute atomic E-state index is 10.7. The summed E-state index contributed by atoms with van der Waals surface area (Å²) < 4.78 is 1.81. The molecule has 2 aromatic heterocycles. The van der Waals surface area contributed by atoms with E-state index >= 15 is 0 Å². The minimum atomic E-state index is 0.118. The van der Waals surface area contributed by atoms with Crippen molar-refractivity contribution in [3.05, 3.63) is 102 Å². The molecule has 3 aromatic carbocycles. The minimum Gasteiger partial charge on any atom is -0.507 e. The van der Waals surface area contributed by atoms with Crippen LogP contribution < -0.4 is 0 Å². The summed E-state index contributed by atoms with van der Waals surface area (Å²) >= 11 is 0. The van der Waals surface area contributed by atoms with Gasteiger partial charge in [-0.25, -0.2) is 14.5 Å². The topological polar surface area (TPSA) is 55.3 Å². The summed E-state index contributed by atoms with van der Waals surface area (Å²) in [6, 6.07) is 24.8. The third-order valence-electron chi connectivity index (χ3n) is 5.65. The summed E-state index contributed by atoms with van der Waals surface area (Å²) in [6.07, 6.45) is 0.